The van der Waals surface area contributed by atoms with Crippen molar-refractivity contribution in [2.24, 2.45) is 0 Å². The van der Waals surface area contributed by atoms with Crippen LogP contribution < -0.4 is 11.4 Å². The maximum Gasteiger partial charge on any atom is 0.350 e. The van der Waals surface area contributed by atoms with E-state index in [0.717, 1.165) is 28.6 Å². The van der Waals surface area contributed by atoms with Crippen molar-refractivity contribution in [2.75, 3.05) is 5.73 Å². The summed E-state index contributed by atoms with van der Waals surface area (Å²) in [5.74, 6) is 0.382. The van der Waals surface area contributed by atoms with Crippen LogP contribution in [0.4, 0.5) is 5.82 Å². The topological polar surface area (TPSA) is 60.9 Å². The summed E-state index contributed by atoms with van der Waals surface area (Å²) < 4.78 is 1.69. The first-order chi connectivity index (χ1) is 8.58. The SMILES string of the molecule is C=C(C)Cn1c(=O)nc(N)c2c3c(sc21)CCC3. The number of aryl methyl sites for hydroxylation is 2. The van der Waals surface area contributed by atoms with Gasteiger partial charge in [0.2, 0.25) is 0 Å². The van der Waals surface area contributed by atoms with Crippen LogP contribution in [-0.2, 0) is 19.4 Å². The first-order valence-corrected chi connectivity index (χ1v) is 6.84. The van der Waals surface area contributed by atoms with E-state index in [1.807, 2.05) is 6.92 Å². The van der Waals surface area contributed by atoms with E-state index >= 15 is 0 Å². The molecule has 0 bridgehead atoms. The molecule has 2 aromatic heterocycles. The second-order valence-electron chi connectivity index (χ2n) is 4.86. The Morgan fingerprint density at radius 1 is 1.56 bits per heavy atom. The number of nitrogens with zero attached hydrogens (tertiary/aromatic N) is 2. The van der Waals surface area contributed by atoms with Crippen molar-refractivity contribution in [1.29, 1.82) is 0 Å². The van der Waals surface area contributed by atoms with Crippen LogP contribution in [-0.4, -0.2) is 9.55 Å². The molecule has 94 valence electrons. The Kier molecular flexibility index (Phi) is 2.52. The standard InChI is InChI=1S/C13H15N3OS/c1-7(2)6-16-12-10(11(14)15-13(16)17)8-4-3-5-9(8)18-12/h1,3-6H2,2H3,(H2,14,15,17). The van der Waals surface area contributed by atoms with Gasteiger partial charge in [-0.15, -0.1) is 11.3 Å². The highest BCUT2D eigenvalue weighted by atomic mass is 32.1. The Morgan fingerprint density at radius 2 is 2.33 bits per heavy atom. The molecule has 1 aliphatic rings. The summed E-state index contributed by atoms with van der Waals surface area (Å²) in [6.07, 6.45) is 3.32. The van der Waals surface area contributed by atoms with E-state index in [0.29, 0.717) is 12.4 Å². The zero-order chi connectivity index (χ0) is 12.9. The number of nitrogens with two attached hydrogens (primary N) is 1. The molecule has 0 atom stereocenters. The van der Waals surface area contributed by atoms with Crippen LogP contribution >= 0.6 is 11.3 Å². The maximum atomic E-state index is 12.0. The van der Waals surface area contributed by atoms with Crippen molar-refractivity contribution in [3.8, 4) is 0 Å². The lowest BCUT2D eigenvalue weighted by Crippen LogP contribution is -2.24. The molecule has 0 unspecified atom stereocenters. The molecule has 5 heteroatoms. The Bertz CT molecular complexity index is 711. The number of fused-ring (bicyclic) bond motifs is 3. The minimum absolute atomic E-state index is 0.275. The van der Waals surface area contributed by atoms with Gasteiger partial charge in [-0.2, -0.15) is 4.98 Å². The highest BCUT2D eigenvalue weighted by Gasteiger charge is 2.22. The van der Waals surface area contributed by atoms with Gasteiger partial charge < -0.3 is 5.73 Å². The smallest absolute Gasteiger partial charge is 0.350 e. The Labute approximate surface area is 109 Å². The number of allylic oxidation sites excluding steroid dienone is 1. The Hall–Kier alpha value is -1.62. The molecule has 0 amide bonds. The third-order valence-electron chi connectivity index (χ3n) is 3.28. The number of anilines is 1. The quantitative estimate of drug-likeness (QED) is 0.842. The molecule has 4 nitrogen and oxygen atoms in total. The summed E-state index contributed by atoms with van der Waals surface area (Å²) in [4.78, 5) is 18.2. The molecule has 0 aliphatic heterocycles. The van der Waals surface area contributed by atoms with E-state index in [4.69, 9.17) is 5.73 Å². The van der Waals surface area contributed by atoms with E-state index in [9.17, 15) is 4.79 Å². The number of aromatic nitrogens is 2. The van der Waals surface area contributed by atoms with Crippen molar-refractivity contribution in [3.63, 3.8) is 0 Å². The summed E-state index contributed by atoms with van der Waals surface area (Å²) in [5.41, 5.74) is 7.90. The molecule has 2 aromatic rings. The monoisotopic (exact) mass is 261 g/mol. The molecular weight excluding hydrogens is 246 g/mol. The van der Waals surface area contributed by atoms with Crippen molar-refractivity contribution < 1.29 is 0 Å². The molecule has 2 N–H and O–H groups in total. The van der Waals surface area contributed by atoms with Crippen LogP contribution in [0.1, 0.15) is 23.8 Å². The average Bonchev–Trinajstić information content (AvgIpc) is 2.82. The number of thiophene rings is 1. The fourth-order valence-electron chi connectivity index (χ4n) is 2.56. The second kappa shape index (κ2) is 3.95. The van der Waals surface area contributed by atoms with E-state index in [1.54, 1.807) is 15.9 Å². The molecule has 1 aliphatic carbocycles. The summed E-state index contributed by atoms with van der Waals surface area (Å²) >= 11 is 1.69. The molecule has 2 heterocycles. The van der Waals surface area contributed by atoms with Gasteiger partial charge in [0.1, 0.15) is 10.6 Å². The first kappa shape index (κ1) is 11.5. The number of nitrogen functional groups attached to an aromatic ring is 1. The molecule has 0 aromatic carbocycles. The predicted octanol–water partition coefficient (Wildman–Crippen LogP) is 2.10. The van der Waals surface area contributed by atoms with Crippen molar-refractivity contribution in [1.82, 2.24) is 9.55 Å². The van der Waals surface area contributed by atoms with E-state index in [2.05, 4.69) is 11.6 Å². The summed E-state index contributed by atoms with van der Waals surface area (Å²) in [6.45, 7) is 6.30. The fourth-order valence-corrected chi connectivity index (χ4v) is 3.95. The zero-order valence-corrected chi connectivity index (χ0v) is 11.1. The van der Waals surface area contributed by atoms with Crippen molar-refractivity contribution in [2.45, 2.75) is 32.7 Å². The second-order valence-corrected chi connectivity index (χ2v) is 5.94. The third kappa shape index (κ3) is 1.58. The largest absolute Gasteiger partial charge is 0.383 e. The van der Waals surface area contributed by atoms with Gasteiger partial charge in [0, 0.05) is 11.4 Å². The van der Waals surface area contributed by atoms with Crippen LogP contribution in [0.25, 0.3) is 10.2 Å². The summed E-state index contributed by atoms with van der Waals surface area (Å²) in [5, 5.41) is 0.994. The average molecular weight is 261 g/mol. The van der Waals surface area contributed by atoms with Gasteiger partial charge >= 0.3 is 5.69 Å². The van der Waals surface area contributed by atoms with Crippen LogP contribution in [0.15, 0.2) is 16.9 Å². The maximum absolute atomic E-state index is 12.0. The molecule has 0 spiro atoms. The summed E-state index contributed by atoms with van der Waals surface area (Å²) in [6, 6.07) is 0. The lowest BCUT2D eigenvalue weighted by molar-refractivity contribution is 0.758. The van der Waals surface area contributed by atoms with Gasteiger partial charge in [0.25, 0.3) is 0 Å². The van der Waals surface area contributed by atoms with Gasteiger partial charge in [-0.25, -0.2) is 4.79 Å². The number of hydrogen-bond donors (Lipinski definition) is 1. The molecule has 0 saturated heterocycles. The Morgan fingerprint density at radius 3 is 3.06 bits per heavy atom. The lowest BCUT2D eigenvalue weighted by atomic mass is 10.2. The predicted molar refractivity (Wildman–Crippen MR) is 75.1 cm³/mol. The highest BCUT2D eigenvalue weighted by Crippen LogP contribution is 2.38. The minimum atomic E-state index is -0.275. The van der Waals surface area contributed by atoms with Gasteiger partial charge in [0.05, 0.1) is 5.39 Å². The normalized spacial score (nSPS) is 14.1. The Balaban J connectivity index is 2.36. The fraction of sp³-hybridized carbons (Fsp3) is 0.385. The van der Waals surface area contributed by atoms with Crippen molar-refractivity contribution >= 4 is 27.4 Å². The molecule has 0 saturated carbocycles. The van der Waals surface area contributed by atoms with Crippen LogP contribution in [0.2, 0.25) is 0 Å². The highest BCUT2D eigenvalue weighted by molar-refractivity contribution is 7.19. The third-order valence-corrected chi connectivity index (χ3v) is 4.59. The molecule has 0 radical (unpaired) electrons. The van der Waals surface area contributed by atoms with Crippen LogP contribution in [0.3, 0.4) is 0 Å². The first-order valence-electron chi connectivity index (χ1n) is 6.03. The van der Waals surface area contributed by atoms with E-state index in [1.165, 1.54) is 16.9 Å². The van der Waals surface area contributed by atoms with Crippen LogP contribution in [0, 0.1) is 0 Å². The summed E-state index contributed by atoms with van der Waals surface area (Å²) in [7, 11) is 0. The molecule has 3 rings (SSSR count). The lowest BCUT2D eigenvalue weighted by Gasteiger charge is -2.08. The van der Waals surface area contributed by atoms with Crippen molar-refractivity contribution in [3.05, 3.63) is 33.1 Å². The number of rotatable bonds is 2. The van der Waals surface area contributed by atoms with Gasteiger partial charge in [-0.1, -0.05) is 12.2 Å². The van der Waals surface area contributed by atoms with E-state index in [-0.39, 0.29) is 5.69 Å². The zero-order valence-electron chi connectivity index (χ0n) is 10.3. The molecule has 18 heavy (non-hydrogen) atoms. The van der Waals surface area contributed by atoms with Gasteiger partial charge in [-0.3, -0.25) is 4.57 Å². The minimum Gasteiger partial charge on any atom is -0.383 e. The van der Waals surface area contributed by atoms with E-state index < -0.39 is 0 Å². The van der Waals surface area contributed by atoms with Crippen LogP contribution in [0.5, 0.6) is 0 Å². The molecular formula is C13H15N3OS. The number of hydrogen-bond acceptors (Lipinski definition) is 4. The molecule has 0 fully saturated rings. The van der Waals surface area contributed by atoms with Gasteiger partial charge in [-0.05, 0) is 31.7 Å². The van der Waals surface area contributed by atoms with Gasteiger partial charge in [0.15, 0.2) is 0 Å².